The van der Waals surface area contributed by atoms with E-state index in [1.54, 1.807) is 0 Å². The molecule has 146 valence electrons. The van der Waals surface area contributed by atoms with Gasteiger partial charge in [-0.15, -0.1) is 0 Å². The summed E-state index contributed by atoms with van der Waals surface area (Å²) in [6.45, 7) is 11.7. The average Bonchev–Trinajstić information content (AvgIpc) is 2.55. The number of esters is 1. The van der Waals surface area contributed by atoms with Crippen molar-refractivity contribution in [3.63, 3.8) is 0 Å². The minimum atomic E-state index is -0.733. The van der Waals surface area contributed by atoms with Crippen LogP contribution >= 0.6 is 0 Å². The monoisotopic (exact) mass is 362 g/mol. The predicted molar refractivity (Wildman–Crippen MR) is 105 cm³/mol. The number of ether oxygens (including phenoxy) is 1. The SMILES string of the molecule is CC(=O)OC/C=C(\C)CC/C=C(\C)[C@H](O)[C@H]1C(=O)C(C)=CC[C@@H]1C(C)C. The molecule has 0 bridgehead atoms. The Hall–Kier alpha value is -1.68. The normalized spacial score (nSPS) is 23.1. The summed E-state index contributed by atoms with van der Waals surface area (Å²) in [7, 11) is 0. The van der Waals surface area contributed by atoms with Gasteiger partial charge in [0, 0.05) is 6.92 Å². The fourth-order valence-corrected chi connectivity index (χ4v) is 3.42. The fourth-order valence-electron chi connectivity index (χ4n) is 3.42. The zero-order chi connectivity index (χ0) is 19.9. The number of rotatable bonds is 8. The van der Waals surface area contributed by atoms with Crippen molar-refractivity contribution in [3.8, 4) is 0 Å². The molecule has 0 radical (unpaired) electrons. The lowest BCUT2D eigenvalue weighted by atomic mass is 9.70. The Morgan fingerprint density at radius 2 is 1.96 bits per heavy atom. The Bertz CT molecular complexity index is 595. The third-order valence-corrected chi connectivity index (χ3v) is 5.24. The average molecular weight is 363 g/mol. The summed E-state index contributed by atoms with van der Waals surface area (Å²) in [4.78, 5) is 23.4. The van der Waals surface area contributed by atoms with Crippen LogP contribution in [0.15, 0.2) is 34.9 Å². The third kappa shape index (κ3) is 6.56. The number of carbonyl (C=O) groups excluding carboxylic acids is 2. The highest BCUT2D eigenvalue weighted by Gasteiger charge is 2.38. The van der Waals surface area contributed by atoms with Crippen LogP contribution in [0.1, 0.15) is 60.8 Å². The lowest BCUT2D eigenvalue weighted by Gasteiger charge is -2.35. The van der Waals surface area contributed by atoms with Crippen LogP contribution in [0.2, 0.25) is 0 Å². The number of hydrogen-bond acceptors (Lipinski definition) is 4. The Morgan fingerprint density at radius 1 is 1.31 bits per heavy atom. The molecule has 3 atom stereocenters. The smallest absolute Gasteiger partial charge is 0.302 e. The molecule has 0 amide bonds. The predicted octanol–water partition coefficient (Wildman–Crippen LogP) is 4.39. The highest BCUT2D eigenvalue weighted by Crippen LogP contribution is 2.36. The van der Waals surface area contributed by atoms with Crippen LogP contribution in [0.25, 0.3) is 0 Å². The molecular formula is C22H34O4. The Kier molecular flexibility index (Phi) is 9.00. The summed E-state index contributed by atoms with van der Waals surface area (Å²) >= 11 is 0. The van der Waals surface area contributed by atoms with Crippen molar-refractivity contribution in [2.24, 2.45) is 17.8 Å². The van der Waals surface area contributed by atoms with Crippen molar-refractivity contribution >= 4 is 11.8 Å². The van der Waals surface area contributed by atoms with E-state index in [2.05, 4.69) is 13.8 Å². The van der Waals surface area contributed by atoms with E-state index in [0.29, 0.717) is 12.5 Å². The minimum Gasteiger partial charge on any atom is -0.462 e. The maximum Gasteiger partial charge on any atom is 0.302 e. The van der Waals surface area contributed by atoms with Gasteiger partial charge in [0.05, 0.1) is 12.0 Å². The van der Waals surface area contributed by atoms with E-state index in [-0.39, 0.29) is 23.6 Å². The summed E-state index contributed by atoms with van der Waals surface area (Å²) in [6.07, 6.45) is 7.66. The van der Waals surface area contributed by atoms with Gasteiger partial charge in [-0.1, -0.05) is 31.6 Å². The molecule has 0 aromatic carbocycles. The highest BCUT2D eigenvalue weighted by atomic mass is 16.5. The largest absolute Gasteiger partial charge is 0.462 e. The number of Topliss-reactive ketones (excluding diaryl/α,β-unsaturated/α-hetero) is 1. The summed E-state index contributed by atoms with van der Waals surface area (Å²) in [5, 5.41) is 10.8. The van der Waals surface area contributed by atoms with Crippen LogP contribution in [0.5, 0.6) is 0 Å². The lowest BCUT2D eigenvalue weighted by Crippen LogP contribution is -2.40. The molecule has 0 fully saturated rings. The summed E-state index contributed by atoms with van der Waals surface area (Å²) < 4.78 is 4.90. The molecule has 0 unspecified atom stereocenters. The van der Waals surface area contributed by atoms with Crippen LogP contribution in [0, 0.1) is 17.8 Å². The zero-order valence-corrected chi connectivity index (χ0v) is 17.0. The third-order valence-electron chi connectivity index (χ3n) is 5.24. The van der Waals surface area contributed by atoms with Crippen molar-refractivity contribution in [3.05, 3.63) is 34.9 Å². The number of allylic oxidation sites excluding steroid dienone is 4. The molecule has 0 saturated carbocycles. The van der Waals surface area contributed by atoms with E-state index in [1.807, 2.05) is 39.0 Å². The Labute approximate surface area is 158 Å². The number of ketones is 1. The number of hydrogen-bond donors (Lipinski definition) is 1. The van der Waals surface area contributed by atoms with Gasteiger partial charge >= 0.3 is 5.97 Å². The molecule has 1 aliphatic carbocycles. The van der Waals surface area contributed by atoms with Crippen molar-refractivity contribution in [2.45, 2.75) is 66.9 Å². The molecule has 1 N–H and O–H groups in total. The van der Waals surface area contributed by atoms with Gasteiger partial charge < -0.3 is 9.84 Å². The standard InChI is InChI=1S/C22H34O4/c1-14(2)19-11-10-17(5)22(25)20(19)21(24)16(4)9-7-8-15(3)12-13-26-18(6)23/h9-10,12,14,19-21,24H,7-8,11,13H2,1-6H3/b15-12+,16-9+/t19-,20+,21+/m1/s1. The van der Waals surface area contributed by atoms with Crippen molar-refractivity contribution in [1.82, 2.24) is 0 Å². The van der Waals surface area contributed by atoms with Gasteiger partial charge in [-0.05, 0) is 69.1 Å². The number of carbonyl (C=O) groups is 2. The molecule has 26 heavy (non-hydrogen) atoms. The Balaban J connectivity index is 2.71. The molecule has 0 aromatic heterocycles. The Morgan fingerprint density at radius 3 is 2.54 bits per heavy atom. The minimum absolute atomic E-state index is 0.0765. The first-order chi connectivity index (χ1) is 12.1. The molecule has 1 aliphatic rings. The molecule has 4 heteroatoms. The van der Waals surface area contributed by atoms with Gasteiger partial charge in [-0.2, -0.15) is 0 Å². The molecule has 0 aromatic rings. The van der Waals surface area contributed by atoms with Gasteiger partial charge in [0.25, 0.3) is 0 Å². The molecule has 0 saturated heterocycles. The fraction of sp³-hybridized carbons (Fsp3) is 0.636. The van der Waals surface area contributed by atoms with Crippen LogP contribution in [-0.2, 0) is 14.3 Å². The second-order valence-corrected chi connectivity index (χ2v) is 7.71. The van der Waals surface area contributed by atoms with Crippen molar-refractivity contribution < 1.29 is 19.4 Å². The number of aliphatic hydroxyl groups excluding tert-OH is 1. The molecular weight excluding hydrogens is 328 g/mol. The first kappa shape index (κ1) is 22.4. The van der Waals surface area contributed by atoms with E-state index >= 15 is 0 Å². The molecule has 0 heterocycles. The lowest BCUT2D eigenvalue weighted by molar-refractivity contribution is -0.139. The maximum atomic E-state index is 12.6. The van der Waals surface area contributed by atoms with Crippen LogP contribution in [-0.4, -0.2) is 29.6 Å². The quantitative estimate of drug-likeness (QED) is 0.514. The molecule has 1 rings (SSSR count). The van der Waals surface area contributed by atoms with E-state index < -0.39 is 6.10 Å². The van der Waals surface area contributed by atoms with Crippen LogP contribution < -0.4 is 0 Å². The zero-order valence-electron chi connectivity index (χ0n) is 17.0. The summed E-state index contributed by atoms with van der Waals surface area (Å²) in [5.74, 6) is -0.0317. The molecule has 0 spiro atoms. The number of aliphatic hydroxyl groups is 1. The highest BCUT2D eigenvalue weighted by molar-refractivity contribution is 5.98. The van der Waals surface area contributed by atoms with E-state index in [1.165, 1.54) is 6.92 Å². The van der Waals surface area contributed by atoms with Gasteiger partial charge in [0.15, 0.2) is 5.78 Å². The first-order valence-corrected chi connectivity index (χ1v) is 9.49. The molecule has 4 nitrogen and oxygen atoms in total. The maximum absolute atomic E-state index is 12.6. The second kappa shape index (κ2) is 10.5. The van der Waals surface area contributed by atoms with E-state index in [9.17, 15) is 14.7 Å². The van der Waals surface area contributed by atoms with Gasteiger partial charge in [-0.25, -0.2) is 0 Å². The summed E-state index contributed by atoms with van der Waals surface area (Å²) in [6, 6.07) is 0. The topological polar surface area (TPSA) is 63.6 Å². The van der Waals surface area contributed by atoms with Crippen LogP contribution in [0.3, 0.4) is 0 Å². The van der Waals surface area contributed by atoms with Gasteiger partial charge in [-0.3, -0.25) is 9.59 Å². The van der Waals surface area contributed by atoms with Gasteiger partial charge in [0.2, 0.25) is 0 Å². The first-order valence-electron chi connectivity index (χ1n) is 9.49. The summed E-state index contributed by atoms with van der Waals surface area (Å²) in [5.41, 5.74) is 2.76. The van der Waals surface area contributed by atoms with E-state index in [0.717, 1.165) is 36.0 Å². The second-order valence-electron chi connectivity index (χ2n) is 7.71. The van der Waals surface area contributed by atoms with Gasteiger partial charge in [0.1, 0.15) is 6.61 Å². The van der Waals surface area contributed by atoms with Crippen molar-refractivity contribution in [1.29, 1.82) is 0 Å². The molecule has 0 aliphatic heterocycles. The van der Waals surface area contributed by atoms with E-state index in [4.69, 9.17) is 4.74 Å². The van der Waals surface area contributed by atoms with Crippen LogP contribution in [0.4, 0.5) is 0 Å². The van der Waals surface area contributed by atoms with Crippen molar-refractivity contribution in [2.75, 3.05) is 6.61 Å².